The van der Waals surface area contributed by atoms with Gasteiger partial charge in [0.15, 0.2) is 0 Å². The first-order valence-corrected chi connectivity index (χ1v) is 6.35. The summed E-state index contributed by atoms with van der Waals surface area (Å²) < 4.78 is 81.4. The highest BCUT2D eigenvalue weighted by molar-refractivity contribution is 7.87. The Morgan fingerprint density at radius 2 is 1.59 bits per heavy atom. The first kappa shape index (κ1) is 13.0. The molecule has 0 bridgehead atoms. The van der Waals surface area contributed by atoms with Crippen LogP contribution in [0.2, 0.25) is 0 Å². The molecule has 2 rings (SSSR count). The van der Waals surface area contributed by atoms with Gasteiger partial charge in [-0.15, -0.1) is 0 Å². The van der Waals surface area contributed by atoms with Crippen molar-refractivity contribution >= 4 is 10.1 Å². The summed E-state index contributed by atoms with van der Waals surface area (Å²) in [5.74, 6) is -7.88. The van der Waals surface area contributed by atoms with E-state index in [1.165, 1.54) is 0 Å². The second kappa shape index (κ2) is 3.33. The number of rotatable bonds is 3. The Bertz CT molecular complexity index is 435. The predicted molar refractivity (Wildman–Crippen MR) is 47.2 cm³/mol. The largest absolute Gasteiger partial charge is 0.431 e. The molecule has 4 atom stereocenters. The fourth-order valence-electron chi connectivity index (χ4n) is 2.59. The topological polar surface area (TPSA) is 74.6 Å². The van der Waals surface area contributed by atoms with Crippen LogP contribution in [0.25, 0.3) is 0 Å². The zero-order chi connectivity index (χ0) is 13.2. The Hall–Kier alpha value is -0.410. The average molecular weight is 278 g/mol. The summed E-state index contributed by atoms with van der Waals surface area (Å²) in [7, 11) is -6.16. The third-order valence-electron chi connectivity index (χ3n) is 3.78. The summed E-state index contributed by atoms with van der Waals surface area (Å²) in [6.07, 6.45) is -1.16. The molecule has 0 radical (unpaired) electrons. The summed E-state index contributed by atoms with van der Waals surface area (Å²) in [5, 5.41) is 3.59. The van der Waals surface area contributed by atoms with E-state index >= 15 is 0 Å². The van der Waals surface area contributed by atoms with E-state index in [2.05, 4.69) is 0 Å². The molecule has 2 aliphatic carbocycles. The van der Waals surface area contributed by atoms with Crippen LogP contribution in [0.4, 0.5) is 17.6 Å². The predicted octanol–water partition coefficient (Wildman–Crippen LogP) is 1.12. The number of fused-ring (bicyclic) bond motifs is 1. The highest BCUT2D eigenvalue weighted by atomic mass is 32.2. The van der Waals surface area contributed by atoms with Gasteiger partial charge in [-0.3, -0.25) is 4.55 Å². The fourth-order valence-corrected chi connectivity index (χ4v) is 3.08. The maximum absolute atomic E-state index is 13.4. The smallest absolute Gasteiger partial charge is 0.393 e. The van der Waals surface area contributed by atoms with Gasteiger partial charge in [-0.1, -0.05) is 0 Å². The van der Waals surface area contributed by atoms with E-state index in [1.54, 1.807) is 0 Å². The molecule has 0 heterocycles. The molecular formula is C8H10F4O4S. The maximum Gasteiger partial charge on any atom is 0.431 e. The molecule has 0 aliphatic heterocycles. The average Bonchev–Trinajstić information content (AvgIpc) is 2.11. The highest BCUT2D eigenvalue weighted by Crippen LogP contribution is 2.62. The van der Waals surface area contributed by atoms with Crippen molar-refractivity contribution in [2.45, 2.75) is 30.1 Å². The Balaban J connectivity index is 2.21. The number of aliphatic hydroxyl groups is 1. The summed E-state index contributed by atoms with van der Waals surface area (Å²) in [6.45, 7) is 0. The normalized spacial score (nSPS) is 38.0. The third kappa shape index (κ3) is 1.52. The Morgan fingerprint density at radius 1 is 1.06 bits per heavy atom. The van der Waals surface area contributed by atoms with E-state index in [-0.39, 0.29) is 12.8 Å². The lowest BCUT2D eigenvalue weighted by molar-refractivity contribution is -0.272. The number of aliphatic hydroxyl groups excluding tert-OH is 1. The van der Waals surface area contributed by atoms with Crippen LogP contribution in [0.5, 0.6) is 0 Å². The Morgan fingerprint density at radius 3 is 1.88 bits per heavy atom. The van der Waals surface area contributed by atoms with Crippen LogP contribution in [-0.2, 0) is 10.1 Å². The SMILES string of the molecule is O=S(=O)(O)C(F)(F)C(F)(F)C1CC2C(O)CC21. The number of halogens is 4. The molecule has 0 amide bonds. The zero-order valence-electron chi connectivity index (χ0n) is 8.35. The minimum atomic E-state index is -6.16. The molecular weight excluding hydrogens is 268 g/mol. The lowest BCUT2D eigenvalue weighted by Gasteiger charge is -2.58. The molecule has 4 unspecified atom stereocenters. The Labute approximate surface area is 94.4 Å². The maximum atomic E-state index is 13.4. The molecule has 0 aromatic carbocycles. The fraction of sp³-hybridized carbons (Fsp3) is 1.00. The second-order valence-corrected chi connectivity index (χ2v) is 6.05. The quantitative estimate of drug-likeness (QED) is 0.599. The van der Waals surface area contributed by atoms with Gasteiger partial charge < -0.3 is 5.11 Å². The van der Waals surface area contributed by atoms with Gasteiger partial charge in [0.25, 0.3) is 0 Å². The van der Waals surface area contributed by atoms with E-state index in [9.17, 15) is 26.0 Å². The van der Waals surface area contributed by atoms with Crippen molar-refractivity contribution in [3.63, 3.8) is 0 Å². The monoisotopic (exact) mass is 278 g/mol. The van der Waals surface area contributed by atoms with Crippen molar-refractivity contribution in [2.24, 2.45) is 17.8 Å². The summed E-state index contributed by atoms with van der Waals surface area (Å²) >= 11 is 0. The number of hydrogen-bond acceptors (Lipinski definition) is 3. The highest BCUT2D eigenvalue weighted by Gasteiger charge is 2.74. The van der Waals surface area contributed by atoms with Crippen LogP contribution in [0.3, 0.4) is 0 Å². The first-order valence-electron chi connectivity index (χ1n) is 4.91. The lowest BCUT2D eigenvalue weighted by Crippen LogP contribution is -2.64. The van der Waals surface area contributed by atoms with Crippen molar-refractivity contribution < 1.29 is 35.6 Å². The van der Waals surface area contributed by atoms with Gasteiger partial charge in [-0.2, -0.15) is 26.0 Å². The van der Waals surface area contributed by atoms with Crippen LogP contribution in [0, 0.1) is 17.8 Å². The molecule has 100 valence electrons. The molecule has 0 aromatic rings. The molecule has 2 N–H and O–H groups in total. The Kier molecular flexibility index (Phi) is 2.55. The van der Waals surface area contributed by atoms with Crippen LogP contribution in [0.15, 0.2) is 0 Å². The van der Waals surface area contributed by atoms with Crippen LogP contribution in [0.1, 0.15) is 12.8 Å². The minimum absolute atomic E-state index is 0.0352. The second-order valence-electron chi connectivity index (χ2n) is 4.59. The molecule has 0 spiro atoms. The van der Waals surface area contributed by atoms with Crippen molar-refractivity contribution in [1.29, 1.82) is 0 Å². The van der Waals surface area contributed by atoms with E-state index in [4.69, 9.17) is 9.66 Å². The van der Waals surface area contributed by atoms with Gasteiger partial charge in [-0.05, 0) is 24.7 Å². The van der Waals surface area contributed by atoms with Crippen molar-refractivity contribution in [3.8, 4) is 0 Å². The van der Waals surface area contributed by atoms with Gasteiger partial charge in [0, 0.05) is 5.92 Å². The summed E-state index contributed by atoms with van der Waals surface area (Å²) in [5.41, 5.74) is 0. The molecule has 2 saturated carbocycles. The van der Waals surface area contributed by atoms with Crippen LogP contribution < -0.4 is 0 Å². The van der Waals surface area contributed by atoms with E-state index < -0.39 is 45.2 Å². The molecule has 9 heteroatoms. The van der Waals surface area contributed by atoms with E-state index in [1.807, 2.05) is 0 Å². The van der Waals surface area contributed by atoms with E-state index in [0.717, 1.165) is 0 Å². The van der Waals surface area contributed by atoms with E-state index in [0.29, 0.717) is 0 Å². The van der Waals surface area contributed by atoms with Crippen LogP contribution in [-0.4, -0.2) is 35.4 Å². The first-order chi connectivity index (χ1) is 7.50. The molecule has 0 aromatic heterocycles. The standard InChI is InChI=1S/C8H10F4O4S/c9-7(10,8(11,12)17(14,15)16)5-1-4-3(5)2-6(4)13/h3-6,13H,1-2H2,(H,14,15,16). The van der Waals surface area contributed by atoms with Gasteiger partial charge in [0.2, 0.25) is 0 Å². The molecule has 17 heavy (non-hydrogen) atoms. The number of alkyl halides is 4. The minimum Gasteiger partial charge on any atom is -0.393 e. The van der Waals surface area contributed by atoms with Gasteiger partial charge in [0.05, 0.1) is 6.10 Å². The summed E-state index contributed by atoms with van der Waals surface area (Å²) in [4.78, 5) is 0. The van der Waals surface area contributed by atoms with Gasteiger partial charge in [0.1, 0.15) is 0 Å². The summed E-state index contributed by atoms with van der Waals surface area (Å²) in [6, 6.07) is 0. The number of hydrogen-bond donors (Lipinski definition) is 2. The van der Waals surface area contributed by atoms with Crippen molar-refractivity contribution in [1.82, 2.24) is 0 Å². The molecule has 2 fully saturated rings. The zero-order valence-corrected chi connectivity index (χ0v) is 9.17. The van der Waals surface area contributed by atoms with Gasteiger partial charge in [-0.25, -0.2) is 0 Å². The third-order valence-corrected chi connectivity index (χ3v) is 4.70. The van der Waals surface area contributed by atoms with Crippen molar-refractivity contribution in [3.05, 3.63) is 0 Å². The molecule has 2 aliphatic rings. The van der Waals surface area contributed by atoms with Crippen LogP contribution >= 0.6 is 0 Å². The van der Waals surface area contributed by atoms with Gasteiger partial charge >= 0.3 is 21.3 Å². The molecule has 0 saturated heterocycles. The van der Waals surface area contributed by atoms with Crippen molar-refractivity contribution in [2.75, 3.05) is 0 Å². The molecule has 4 nitrogen and oxygen atoms in total. The lowest BCUT2D eigenvalue weighted by atomic mass is 9.50.